The third-order valence-electron chi connectivity index (χ3n) is 4.10. The smallest absolute Gasteiger partial charge is 0.328 e. The number of hydrogen-bond acceptors (Lipinski definition) is 7. The summed E-state index contributed by atoms with van der Waals surface area (Å²) in [6.07, 6.45) is 0. The molecule has 2 N–H and O–H groups in total. The molecule has 0 bridgehead atoms. The Morgan fingerprint density at radius 3 is 2.64 bits per heavy atom. The number of aryl methyl sites for hydroxylation is 1. The van der Waals surface area contributed by atoms with Gasteiger partial charge in [-0.15, -0.1) is 0 Å². The standard InChI is InChI=1S/C18H26N2O7S/c1-12-15-11-14(25-4)5-6-16(15)27-17(12)13(2)19-18(21)20-28(22,23)10-9-26-8-7-24-3/h5-6,11,13H,7-10H2,1-4H3,(H2,19,20,21). The highest BCUT2D eigenvalue weighted by Gasteiger charge is 2.21. The molecule has 0 saturated heterocycles. The highest BCUT2D eigenvalue weighted by atomic mass is 32.2. The summed E-state index contributed by atoms with van der Waals surface area (Å²) in [5, 5.41) is 3.44. The summed E-state index contributed by atoms with van der Waals surface area (Å²) in [4.78, 5) is 12.1. The maximum absolute atomic E-state index is 12.1. The van der Waals surface area contributed by atoms with Gasteiger partial charge < -0.3 is 23.9 Å². The van der Waals surface area contributed by atoms with E-state index in [1.54, 1.807) is 26.2 Å². The fraction of sp³-hybridized carbons (Fsp3) is 0.500. The van der Waals surface area contributed by atoms with Crippen LogP contribution in [0.15, 0.2) is 22.6 Å². The molecule has 2 amide bonds. The van der Waals surface area contributed by atoms with Crippen molar-refractivity contribution in [3.05, 3.63) is 29.5 Å². The van der Waals surface area contributed by atoms with E-state index in [0.717, 1.165) is 10.9 Å². The Labute approximate surface area is 164 Å². The van der Waals surface area contributed by atoms with Crippen LogP contribution in [0.25, 0.3) is 11.0 Å². The van der Waals surface area contributed by atoms with Crippen molar-refractivity contribution in [2.75, 3.05) is 39.8 Å². The second-order valence-corrected chi connectivity index (χ2v) is 8.02. The average molecular weight is 414 g/mol. The predicted octanol–water partition coefficient (Wildman–Crippen LogP) is 2.10. The van der Waals surface area contributed by atoms with E-state index in [9.17, 15) is 13.2 Å². The van der Waals surface area contributed by atoms with Crippen LogP contribution in [0.4, 0.5) is 4.79 Å². The first-order valence-corrected chi connectivity index (χ1v) is 10.4. The molecule has 0 aliphatic heterocycles. The minimum absolute atomic E-state index is 0.0357. The number of nitrogens with one attached hydrogen (secondary N) is 2. The van der Waals surface area contributed by atoms with Crippen LogP contribution >= 0.6 is 0 Å². The maximum atomic E-state index is 12.1. The second-order valence-electron chi connectivity index (χ2n) is 6.17. The second kappa shape index (κ2) is 9.76. The Morgan fingerprint density at radius 1 is 1.21 bits per heavy atom. The molecular weight excluding hydrogens is 388 g/mol. The molecule has 0 radical (unpaired) electrons. The van der Waals surface area contributed by atoms with Crippen molar-refractivity contribution in [3.63, 3.8) is 0 Å². The molecule has 0 fully saturated rings. The number of carbonyl (C=O) groups is 1. The molecule has 10 heteroatoms. The van der Waals surface area contributed by atoms with Gasteiger partial charge in [-0.2, -0.15) is 0 Å². The third-order valence-corrected chi connectivity index (χ3v) is 5.30. The van der Waals surface area contributed by atoms with Crippen molar-refractivity contribution in [2.24, 2.45) is 0 Å². The van der Waals surface area contributed by atoms with Gasteiger partial charge in [0.1, 0.15) is 17.1 Å². The Bertz CT molecular complexity index is 908. The number of amides is 2. The minimum atomic E-state index is -3.81. The number of fused-ring (bicyclic) bond motifs is 1. The number of sulfonamides is 1. The quantitative estimate of drug-likeness (QED) is 0.572. The Kier molecular flexibility index (Phi) is 7.67. The first kappa shape index (κ1) is 22.0. The van der Waals surface area contributed by atoms with Gasteiger partial charge in [0, 0.05) is 18.1 Å². The normalized spacial score (nSPS) is 12.7. The van der Waals surface area contributed by atoms with E-state index < -0.39 is 22.1 Å². The van der Waals surface area contributed by atoms with Crippen LogP contribution in [0.1, 0.15) is 24.3 Å². The lowest BCUT2D eigenvalue weighted by Gasteiger charge is -2.14. The van der Waals surface area contributed by atoms with E-state index in [0.29, 0.717) is 23.7 Å². The lowest BCUT2D eigenvalue weighted by Crippen LogP contribution is -2.42. The minimum Gasteiger partial charge on any atom is -0.497 e. The van der Waals surface area contributed by atoms with E-state index in [1.165, 1.54) is 7.11 Å². The SMILES string of the molecule is COCCOCCS(=O)(=O)NC(=O)NC(C)c1oc2ccc(OC)cc2c1C. The van der Waals surface area contributed by atoms with Gasteiger partial charge in [0.05, 0.1) is 38.7 Å². The number of urea groups is 1. The zero-order chi connectivity index (χ0) is 20.7. The van der Waals surface area contributed by atoms with Gasteiger partial charge in [-0.3, -0.25) is 0 Å². The van der Waals surface area contributed by atoms with E-state index in [1.807, 2.05) is 17.7 Å². The number of hydrogen-bond donors (Lipinski definition) is 2. The van der Waals surface area contributed by atoms with Crippen molar-refractivity contribution in [1.82, 2.24) is 10.0 Å². The van der Waals surface area contributed by atoms with Gasteiger partial charge in [0.15, 0.2) is 0 Å². The molecule has 0 aliphatic carbocycles. The summed E-state index contributed by atoms with van der Waals surface area (Å²) >= 11 is 0. The molecule has 1 heterocycles. The van der Waals surface area contributed by atoms with Gasteiger partial charge in [0.25, 0.3) is 0 Å². The Balaban J connectivity index is 1.96. The number of carbonyl (C=O) groups excluding carboxylic acids is 1. The largest absolute Gasteiger partial charge is 0.497 e. The van der Waals surface area contributed by atoms with E-state index in [4.69, 9.17) is 18.6 Å². The van der Waals surface area contributed by atoms with Gasteiger partial charge in [0.2, 0.25) is 10.0 Å². The van der Waals surface area contributed by atoms with Gasteiger partial charge in [-0.1, -0.05) is 0 Å². The van der Waals surface area contributed by atoms with Crippen LogP contribution in [0.3, 0.4) is 0 Å². The van der Waals surface area contributed by atoms with Crippen LogP contribution in [0.2, 0.25) is 0 Å². The van der Waals surface area contributed by atoms with Gasteiger partial charge in [-0.05, 0) is 32.0 Å². The van der Waals surface area contributed by atoms with E-state index >= 15 is 0 Å². The van der Waals surface area contributed by atoms with Crippen molar-refractivity contribution in [2.45, 2.75) is 19.9 Å². The molecule has 0 spiro atoms. The monoisotopic (exact) mass is 414 g/mol. The van der Waals surface area contributed by atoms with Crippen molar-refractivity contribution >= 4 is 27.0 Å². The fourth-order valence-electron chi connectivity index (χ4n) is 2.66. The average Bonchev–Trinajstić information content (AvgIpc) is 2.97. The van der Waals surface area contributed by atoms with Gasteiger partial charge >= 0.3 is 6.03 Å². The topological polar surface area (TPSA) is 116 Å². The van der Waals surface area contributed by atoms with Crippen LogP contribution in [0.5, 0.6) is 5.75 Å². The molecule has 1 aromatic heterocycles. The van der Waals surface area contributed by atoms with E-state index in [2.05, 4.69) is 5.32 Å². The summed E-state index contributed by atoms with van der Waals surface area (Å²) in [6, 6.07) is 4.04. The lowest BCUT2D eigenvalue weighted by atomic mass is 10.1. The lowest BCUT2D eigenvalue weighted by molar-refractivity contribution is 0.0784. The molecule has 9 nitrogen and oxygen atoms in total. The molecule has 1 aromatic carbocycles. The molecule has 2 rings (SSSR count). The maximum Gasteiger partial charge on any atom is 0.328 e. The summed E-state index contributed by atoms with van der Waals surface area (Å²) < 4.78 is 46.8. The van der Waals surface area contributed by atoms with Crippen LogP contribution in [0, 0.1) is 6.92 Å². The number of benzene rings is 1. The molecule has 28 heavy (non-hydrogen) atoms. The third kappa shape index (κ3) is 5.85. The molecule has 2 aromatic rings. The summed E-state index contributed by atoms with van der Waals surface area (Å²) in [5.41, 5.74) is 1.50. The van der Waals surface area contributed by atoms with Crippen molar-refractivity contribution in [3.8, 4) is 5.75 Å². The fourth-order valence-corrected chi connectivity index (χ4v) is 3.44. The zero-order valence-corrected chi connectivity index (χ0v) is 17.2. The molecule has 1 unspecified atom stereocenters. The van der Waals surface area contributed by atoms with Crippen molar-refractivity contribution in [1.29, 1.82) is 0 Å². The van der Waals surface area contributed by atoms with E-state index in [-0.39, 0.29) is 19.0 Å². The molecule has 156 valence electrons. The highest BCUT2D eigenvalue weighted by molar-refractivity contribution is 7.90. The zero-order valence-electron chi connectivity index (χ0n) is 16.4. The van der Waals surface area contributed by atoms with Crippen LogP contribution in [-0.2, 0) is 19.5 Å². The summed E-state index contributed by atoms with van der Waals surface area (Å²) in [7, 11) is -0.715. The first-order chi connectivity index (χ1) is 13.3. The number of rotatable bonds is 10. The predicted molar refractivity (Wildman–Crippen MR) is 104 cm³/mol. The Hall–Kier alpha value is -2.30. The Morgan fingerprint density at radius 2 is 1.96 bits per heavy atom. The number of ether oxygens (including phenoxy) is 3. The van der Waals surface area contributed by atoms with Crippen molar-refractivity contribution < 1.29 is 31.8 Å². The molecular formula is C18H26N2O7S. The summed E-state index contributed by atoms with van der Waals surface area (Å²) in [5.74, 6) is 0.904. The molecule has 1 atom stereocenters. The molecule has 0 saturated carbocycles. The number of methoxy groups -OCH3 is 2. The first-order valence-electron chi connectivity index (χ1n) is 8.72. The summed E-state index contributed by atoms with van der Waals surface area (Å²) in [6.45, 7) is 4.19. The van der Waals surface area contributed by atoms with Crippen LogP contribution in [-0.4, -0.2) is 54.2 Å². The van der Waals surface area contributed by atoms with Gasteiger partial charge in [-0.25, -0.2) is 17.9 Å². The highest BCUT2D eigenvalue weighted by Crippen LogP contribution is 2.31. The van der Waals surface area contributed by atoms with Crippen LogP contribution < -0.4 is 14.8 Å². The number of furan rings is 1. The molecule has 0 aliphatic rings.